The van der Waals surface area contributed by atoms with Crippen LogP contribution in [0.3, 0.4) is 0 Å². The molecule has 1 spiro atoms. The van der Waals surface area contributed by atoms with Gasteiger partial charge in [0.2, 0.25) is 5.91 Å². The van der Waals surface area contributed by atoms with E-state index in [4.69, 9.17) is 10.5 Å². The average molecular weight is 169 g/mol. The van der Waals surface area contributed by atoms with Crippen molar-refractivity contribution in [3.63, 3.8) is 0 Å². The molecule has 1 atom stereocenters. The molecule has 2 aliphatic rings. The maximum absolute atomic E-state index is 10.7. The van der Waals surface area contributed by atoms with Gasteiger partial charge in [-0.3, -0.25) is 4.79 Å². The van der Waals surface area contributed by atoms with Crippen LogP contribution in [-0.4, -0.2) is 18.1 Å². The van der Waals surface area contributed by atoms with Crippen LogP contribution in [0.4, 0.5) is 0 Å². The van der Waals surface area contributed by atoms with Gasteiger partial charge in [-0.1, -0.05) is 0 Å². The van der Waals surface area contributed by atoms with Crippen molar-refractivity contribution < 1.29 is 9.53 Å². The third kappa shape index (κ3) is 1.61. The van der Waals surface area contributed by atoms with Crippen LogP contribution in [0.15, 0.2) is 0 Å². The monoisotopic (exact) mass is 169 g/mol. The quantitative estimate of drug-likeness (QED) is 0.665. The summed E-state index contributed by atoms with van der Waals surface area (Å²) < 4.78 is 5.64. The second-order valence-corrected chi connectivity index (χ2v) is 4.06. The number of ether oxygens (including phenoxy) is 1. The maximum Gasteiger partial charge on any atom is 0.217 e. The molecule has 68 valence electrons. The van der Waals surface area contributed by atoms with Gasteiger partial charge in [0.05, 0.1) is 5.60 Å². The number of hydrogen-bond acceptors (Lipinski definition) is 2. The minimum absolute atomic E-state index is 0.169. The third-order valence-electron chi connectivity index (χ3n) is 2.89. The predicted octanol–water partition coefficient (Wildman–Crippen LogP) is 0.821. The average Bonchev–Trinajstić information content (AvgIpc) is 2.68. The summed E-state index contributed by atoms with van der Waals surface area (Å²) in [5, 5.41) is 0. The van der Waals surface area contributed by atoms with Crippen LogP contribution in [-0.2, 0) is 9.53 Å². The topological polar surface area (TPSA) is 52.3 Å². The fourth-order valence-electron chi connectivity index (χ4n) is 2.08. The molecule has 0 bridgehead atoms. The number of rotatable bonds is 2. The Morgan fingerprint density at radius 1 is 1.58 bits per heavy atom. The Balaban J connectivity index is 1.86. The Kier molecular flexibility index (Phi) is 1.83. The molecule has 1 heterocycles. The molecule has 1 saturated carbocycles. The molecule has 2 N–H and O–H groups in total. The molecule has 0 aromatic heterocycles. The lowest BCUT2D eigenvalue weighted by atomic mass is 9.91. The normalized spacial score (nSPS) is 31.8. The Morgan fingerprint density at radius 3 is 2.92 bits per heavy atom. The number of primary amides is 1. The van der Waals surface area contributed by atoms with Crippen LogP contribution < -0.4 is 5.73 Å². The predicted molar refractivity (Wildman–Crippen MR) is 44.5 cm³/mol. The summed E-state index contributed by atoms with van der Waals surface area (Å²) in [5.74, 6) is 0.316. The van der Waals surface area contributed by atoms with Crippen molar-refractivity contribution in [1.29, 1.82) is 0 Å². The van der Waals surface area contributed by atoms with E-state index in [1.54, 1.807) is 0 Å². The molecular weight excluding hydrogens is 154 g/mol. The van der Waals surface area contributed by atoms with Crippen molar-refractivity contribution in [3.8, 4) is 0 Å². The summed E-state index contributed by atoms with van der Waals surface area (Å²) in [6.45, 7) is 0.817. The molecule has 2 fully saturated rings. The summed E-state index contributed by atoms with van der Waals surface area (Å²) >= 11 is 0. The van der Waals surface area contributed by atoms with E-state index in [1.807, 2.05) is 0 Å². The third-order valence-corrected chi connectivity index (χ3v) is 2.89. The minimum Gasteiger partial charge on any atom is -0.375 e. The Morgan fingerprint density at radius 2 is 2.33 bits per heavy atom. The van der Waals surface area contributed by atoms with Crippen molar-refractivity contribution in [2.75, 3.05) is 6.61 Å². The molecule has 1 aliphatic carbocycles. The summed E-state index contributed by atoms with van der Waals surface area (Å²) in [7, 11) is 0. The first-order valence-electron chi connectivity index (χ1n) is 4.62. The molecule has 12 heavy (non-hydrogen) atoms. The van der Waals surface area contributed by atoms with Gasteiger partial charge < -0.3 is 10.5 Å². The number of hydrogen-bond donors (Lipinski definition) is 1. The first-order valence-corrected chi connectivity index (χ1v) is 4.62. The van der Waals surface area contributed by atoms with Gasteiger partial charge in [0.15, 0.2) is 0 Å². The van der Waals surface area contributed by atoms with Crippen LogP contribution in [0.25, 0.3) is 0 Å². The first kappa shape index (κ1) is 8.05. The fraction of sp³-hybridized carbons (Fsp3) is 0.889. The van der Waals surface area contributed by atoms with Crippen LogP contribution in [0.5, 0.6) is 0 Å². The van der Waals surface area contributed by atoms with Crippen LogP contribution in [0.2, 0.25) is 0 Å². The zero-order valence-electron chi connectivity index (χ0n) is 7.21. The van der Waals surface area contributed by atoms with Crippen molar-refractivity contribution in [3.05, 3.63) is 0 Å². The number of amides is 1. The summed E-state index contributed by atoms with van der Waals surface area (Å²) in [4.78, 5) is 10.7. The second kappa shape index (κ2) is 2.73. The molecule has 1 saturated heterocycles. The lowest BCUT2D eigenvalue weighted by Crippen LogP contribution is -2.29. The smallest absolute Gasteiger partial charge is 0.217 e. The van der Waals surface area contributed by atoms with Crippen LogP contribution >= 0.6 is 0 Å². The van der Waals surface area contributed by atoms with Gasteiger partial charge >= 0.3 is 0 Å². The number of carbonyl (C=O) groups is 1. The van der Waals surface area contributed by atoms with Gasteiger partial charge in [0.1, 0.15) is 0 Å². The molecule has 0 aromatic carbocycles. The standard InChI is InChI=1S/C9H15NO2/c10-8(11)5-7-1-4-12-9(6-7)2-3-9/h7H,1-6H2,(H2,10,11). The van der Waals surface area contributed by atoms with Gasteiger partial charge in [-0.25, -0.2) is 0 Å². The van der Waals surface area contributed by atoms with E-state index < -0.39 is 0 Å². The zero-order chi connectivity index (χ0) is 8.60. The molecular formula is C9H15NO2. The fourth-order valence-corrected chi connectivity index (χ4v) is 2.08. The SMILES string of the molecule is NC(=O)CC1CCOC2(CC2)C1. The first-order chi connectivity index (χ1) is 5.70. The lowest BCUT2D eigenvalue weighted by Gasteiger charge is -2.28. The molecule has 3 nitrogen and oxygen atoms in total. The van der Waals surface area contributed by atoms with E-state index in [2.05, 4.69) is 0 Å². The zero-order valence-corrected chi connectivity index (χ0v) is 7.21. The Hall–Kier alpha value is -0.570. The highest BCUT2D eigenvalue weighted by molar-refractivity contribution is 5.74. The molecule has 3 heteroatoms. The van der Waals surface area contributed by atoms with Crippen molar-refractivity contribution in [2.24, 2.45) is 11.7 Å². The summed E-state index contributed by atoms with van der Waals surface area (Å²) in [5.41, 5.74) is 5.33. The Bertz CT molecular complexity index is 199. The highest BCUT2D eigenvalue weighted by atomic mass is 16.5. The number of carbonyl (C=O) groups excluding carboxylic acids is 1. The van der Waals surface area contributed by atoms with Crippen LogP contribution in [0.1, 0.15) is 32.1 Å². The molecule has 2 rings (SSSR count). The molecule has 1 amide bonds. The van der Waals surface area contributed by atoms with E-state index in [9.17, 15) is 4.79 Å². The maximum atomic E-state index is 10.7. The molecule has 1 unspecified atom stereocenters. The van der Waals surface area contributed by atoms with E-state index in [0.29, 0.717) is 12.3 Å². The highest BCUT2D eigenvalue weighted by Crippen LogP contribution is 2.48. The van der Waals surface area contributed by atoms with Gasteiger partial charge in [0.25, 0.3) is 0 Å². The van der Waals surface area contributed by atoms with E-state index in [-0.39, 0.29) is 11.5 Å². The lowest BCUT2D eigenvalue weighted by molar-refractivity contribution is -0.120. The second-order valence-electron chi connectivity index (χ2n) is 4.06. The van der Waals surface area contributed by atoms with Crippen molar-refractivity contribution in [1.82, 2.24) is 0 Å². The van der Waals surface area contributed by atoms with Gasteiger partial charge in [0, 0.05) is 13.0 Å². The molecule has 0 aromatic rings. The number of nitrogens with two attached hydrogens (primary N) is 1. The molecule has 1 aliphatic heterocycles. The van der Waals surface area contributed by atoms with Crippen molar-refractivity contribution >= 4 is 5.91 Å². The largest absolute Gasteiger partial charge is 0.375 e. The minimum atomic E-state index is -0.169. The van der Waals surface area contributed by atoms with E-state index >= 15 is 0 Å². The van der Waals surface area contributed by atoms with Crippen LogP contribution in [0, 0.1) is 5.92 Å². The van der Waals surface area contributed by atoms with E-state index in [1.165, 1.54) is 12.8 Å². The van der Waals surface area contributed by atoms with E-state index in [0.717, 1.165) is 19.4 Å². The van der Waals surface area contributed by atoms with Crippen molar-refractivity contribution in [2.45, 2.75) is 37.7 Å². The summed E-state index contributed by atoms with van der Waals surface area (Å²) in [6.07, 6.45) is 4.97. The molecule has 0 radical (unpaired) electrons. The van der Waals surface area contributed by atoms with Gasteiger partial charge in [-0.15, -0.1) is 0 Å². The summed E-state index contributed by atoms with van der Waals surface area (Å²) in [6, 6.07) is 0. The Labute approximate surface area is 72.3 Å². The van der Waals surface area contributed by atoms with Gasteiger partial charge in [-0.05, 0) is 31.6 Å². The highest BCUT2D eigenvalue weighted by Gasteiger charge is 2.47. The van der Waals surface area contributed by atoms with Gasteiger partial charge in [-0.2, -0.15) is 0 Å².